The molecule has 0 atom stereocenters. The number of carbonyl (C=O) groups is 2. The summed E-state index contributed by atoms with van der Waals surface area (Å²) < 4.78 is 1.74. The number of H-pyrrole nitrogens is 1. The van der Waals surface area contributed by atoms with Crippen molar-refractivity contribution in [1.82, 2.24) is 25.4 Å². The van der Waals surface area contributed by atoms with Crippen LogP contribution in [0.5, 0.6) is 0 Å². The van der Waals surface area contributed by atoms with Crippen molar-refractivity contribution >= 4 is 17.5 Å². The van der Waals surface area contributed by atoms with E-state index in [1.54, 1.807) is 17.8 Å². The standard InChI is InChI=1S/C29H38N6O3/c1-17-11-18(2)32-29(38)26(17)15-30-28(37)25-12-21(22-14-31-34(5)16-22)13-27(19(25)3)35(6)24-9-7-23(8-10-24)33-20(4)36/h11-14,16,23-24H,7-10,15H2,1-6H3,(H,30,37)(H,32,38)(H,33,36)/t23-,24+. The molecule has 1 fully saturated rings. The van der Waals surface area contributed by atoms with E-state index in [0.717, 1.165) is 59.3 Å². The molecule has 0 bridgehead atoms. The third-order valence-corrected chi connectivity index (χ3v) is 7.61. The first kappa shape index (κ1) is 27.2. The Kier molecular flexibility index (Phi) is 8.04. The number of anilines is 1. The number of carbonyl (C=O) groups excluding carboxylic acids is 2. The van der Waals surface area contributed by atoms with E-state index >= 15 is 0 Å². The summed E-state index contributed by atoms with van der Waals surface area (Å²) in [6, 6.07) is 6.45. The first-order valence-electron chi connectivity index (χ1n) is 13.1. The van der Waals surface area contributed by atoms with Crippen molar-refractivity contribution < 1.29 is 9.59 Å². The molecule has 1 aliphatic rings. The van der Waals surface area contributed by atoms with Crippen LogP contribution in [0.1, 0.15) is 65.3 Å². The number of aryl methyl sites for hydroxylation is 3. The van der Waals surface area contributed by atoms with Gasteiger partial charge in [-0.1, -0.05) is 0 Å². The van der Waals surface area contributed by atoms with Gasteiger partial charge in [-0.2, -0.15) is 5.10 Å². The number of pyridine rings is 1. The molecule has 0 unspecified atom stereocenters. The minimum atomic E-state index is -0.225. The Morgan fingerprint density at radius 3 is 2.42 bits per heavy atom. The van der Waals surface area contributed by atoms with Gasteiger partial charge in [0.2, 0.25) is 5.91 Å². The van der Waals surface area contributed by atoms with Crippen LogP contribution in [0.3, 0.4) is 0 Å². The zero-order valence-electron chi connectivity index (χ0n) is 23.1. The minimum absolute atomic E-state index is 0.0142. The maximum atomic E-state index is 13.5. The summed E-state index contributed by atoms with van der Waals surface area (Å²) in [5.74, 6) is -0.211. The number of rotatable bonds is 7. The lowest BCUT2D eigenvalue weighted by Crippen LogP contribution is -2.42. The molecule has 202 valence electrons. The molecule has 0 saturated heterocycles. The number of aromatic nitrogens is 3. The quantitative estimate of drug-likeness (QED) is 0.443. The van der Waals surface area contributed by atoms with E-state index in [-0.39, 0.29) is 30.0 Å². The highest BCUT2D eigenvalue weighted by Gasteiger charge is 2.27. The van der Waals surface area contributed by atoms with Gasteiger partial charge in [0.1, 0.15) is 0 Å². The highest BCUT2D eigenvalue weighted by molar-refractivity contribution is 5.98. The van der Waals surface area contributed by atoms with Gasteiger partial charge in [0.05, 0.1) is 6.20 Å². The zero-order valence-corrected chi connectivity index (χ0v) is 23.1. The fraction of sp³-hybridized carbons (Fsp3) is 0.448. The lowest BCUT2D eigenvalue weighted by Gasteiger charge is -2.37. The molecule has 4 rings (SSSR count). The summed E-state index contributed by atoms with van der Waals surface area (Å²) in [6.45, 7) is 7.41. The molecule has 3 aromatic rings. The Morgan fingerprint density at radius 1 is 1.11 bits per heavy atom. The number of aromatic amines is 1. The Hall–Kier alpha value is -3.88. The molecule has 2 aromatic heterocycles. The lowest BCUT2D eigenvalue weighted by molar-refractivity contribution is -0.119. The van der Waals surface area contributed by atoms with Crippen molar-refractivity contribution in [3.8, 4) is 11.1 Å². The van der Waals surface area contributed by atoms with Gasteiger partial charge in [0.25, 0.3) is 11.5 Å². The van der Waals surface area contributed by atoms with Crippen LogP contribution in [-0.4, -0.2) is 45.7 Å². The topological polar surface area (TPSA) is 112 Å². The summed E-state index contributed by atoms with van der Waals surface area (Å²) in [5.41, 5.74) is 6.30. The number of amides is 2. The summed E-state index contributed by atoms with van der Waals surface area (Å²) in [7, 11) is 3.95. The van der Waals surface area contributed by atoms with Crippen molar-refractivity contribution in [3.05, 3.63) is 68.9 Å². The first-order valence-corrected chi connectivity index (χ1v) is 13.1. The average Bonchev–Trinajstić information content (AvgIpc) is 3.29. The molecule has 38 heavy (non-hydrogen) atoms. The van der Waals surface area contributed by atoms with E-state index in [4.69, 9.17) is 0 Å². The van der Waals surface area contributed by atoms with Crippen LogP contribution >= 0.6 is 0 Å². The monoisotopic (exact) mass is 518 g/mol. The van der Waals surface area contributed by atoms with Crippen LogP contribution in [0.4, 0.5) is 5.69 Å². The number of nitrogens with one attached hydrogen (secondary N) is 3. The van der Waals surface area contributed by atoms with Gasteiger partial charge in [-0.05, 0) is 81.3 Å². The van der Waals surface area contributed by atoms with Gasteiger partial charge in [-0.15, -0.1) is 0 Å². The normalized spacial score (nSPS) is 17.2. The van der Waals surface area contributed by atoms with Crippen molar-refractivity contribution in [3.63, 3.8) is 0 Å². The van der Waals surface area contributed by atoms with Crippen molar-refractivity contribution in [2.24, 2.45) is 7.05 Å². The molecule has 0 aliphatic heterocycles. The summed E-state index contributed by atoms with van der Waals surface area (Å²) in [6.07, 6.45) is 7.49. The fourth-order valence-electron chi connectivity index (χ4n) is 5.49. The molecule has 3 N–H and O–H groups in total. The van der Waals surface area contributed by atoms with Gasteiger partial charge in [0.15, 0.2) is 0 Å². The molecule has 9 heteroatoms. The van der Waals surface area contributed by atoms with Crippen LogP contribution in [0.25, 0.3) is 11.1 Å². The second-order valence-electron chi connectivity index (χ2n) is 10.5. The van der Waals surface area contributed by atoms with E-state index in [1.807, 2.05) is 46.1 Å². The van der Waals surface area contributed by atoms with Crippen LogP contribution in [0.15, 0.2) is 35.4 Å². The van der Waals surface area contributed by atoms with Gasteiger partial charge >= 0.3 is 0 Å². The zero-order chi connectivity index (χ0) is 27.6. The SMILES string of the molecule is CC(=O)N[C@H]1CC[C@@H](N(C)c2cc(-c3cnn(C)c3)cc(C(=O)NCc3c(C)cc(C)[nH]c3=O)c2C)CC1. The van der Waals surface area contributed by atoms with E-state index in [1.165, 1.54) is 0 Å². The molecule has 0 radical (unpaired) electrons. The third-order valence-electron chi connectivity index (χ3n) is 7.61. The summed E-state index contributed by atoms with van der Waals surface area (Å²) in [5, 5.41) is 10.3. The van der Waals surface area contributed by atoms with E-state index in [9.17, 15) is 14.4 Å². The Morgan fingerprint density at radius 2 is 1.82 bits per heavy atom. The molecule has 9 nitrogen and oxygen atoms in total. The van der Waals surface area contributed by atoms with Gasteiger partial charge < -0.3 is 20.5 Å². The van der Waals surface area contributed by atoms with Gasteiger partial charge in [-0.25, -0.2) is 0 Å². The molecular weight excluding hydrogens is 480 g/mol. The second-order valence-corrected chi connectivity index (χ2v) is 10.5. The molecule has 2 heterocycles. The highest BCUT2D eigenvalue weighted by atomic mass is 16.2. The number of nitrogens with zero attached hydrogens (tertiary/aromatic N) is 3. The molecule has 0 spiro atoms. The third kappa shape index (κ3) is 5.98. The fourth-order valence-corrected chi connectivity index (χ4v) is 5.49. The molecule has 2 amide bonds. The van der Waals surface area contributed by atoms with Crippen LogP contribution in [-0.2, 0) is 18.4 Å². The van der Waals surface area contributed by atoms with Crippen LogP contribution < -0.4 is 21.1 Å². The predicted molar refractivity (Wildman–Crippen MR) is 149 cm³/mol. The van der Waals surface area contributed by atoms with E-state index < -0.39 is 0 Å². The number of benzene rings is 1. The Labute approximate surface area is 223 Å². The van der Waals surface area contributed by atoms with Crippen LogP contribution in [0.2, 0.25) is 0 Å². The maximum Gasteiger partial charge on any atom is 0.253 e. The Bertz CT molecular complexity index is 1400. The maximum absolute atomic E-state index is 13.5. The predicted octanol–water partition coefficient (Wildman–Crippen LogP) is 3.51. The molecule has 1 aliphatic carbocycles. The van der Waals surface area contributed by atoms with Crippen molar-refractivity contribution in [2.75, 3.05) is 11.9 Å². The Balaban J connectivity index is 1.63. The minimum Gasteiger partial charge on any atom is -0.371 e. The molecule has 1 saturated carbocycles. The van der Waals surface area contributed by atoms with Crippen LogP contribution in [0, 0.1) is 20.8 Å². The average molecular weight is 519 g/mol. The largest absolute Gasteiger partial charge is 0.371 e. The smallest absolute Gasteiger partial charge is 0.253 e. The first-order chi connectivity index (χ1) is 18.0. The number of hydrogen-bond donors (Lipinski definition) is 3. The van der Waals surface area contributed by atoms with Crippen molar-refractivity contribution in [2.45, 2.75) is 72.0 Å². The van der Waals surface area contributed by atoms with Gasteiger partial charge in [-0.3, -0.25) is 19.1 Å². The van der Waals surface area contributed by atoms with Gasteiger partial charge in [0, 0.05) is 73.9 Å². The second kappa shape index (κ2) is 11.2. The molecule has 1 aromatic carbocycles. The molecular formula is C29H38N6O3. The summed E-state index contributed by atoms with van der Waals surface area (Å²) >= 11 is 0. The number of hydrogen-bond acceptors (Lipinski definition) is 5. The van der Waals surface area contributed by atoms with Crippen molar-refractivity contribution in [1.29, 1.82) is 0 Å². The van der Waals surface area contributed by atoms with E-state index in [0.29, 0.717) is 17.2 Å². The summed E-state index contributed by atoms with van der Waals surface area (Å²) in [4.78, 5) is 42.5. The lowest BCUT2D eigenvalue weighted by atomic mass is 9.89. The van der Waals surface area contributed by atoms with E-state index in [2.05, 4.69) is 38.7 Å². The highest BCUT2D eigenvalue weighted by Crippen LogP contribution is 2.34.